The Labute approximate surface area is 512 Å². The van der Waals surface area contributed by atoms with Gasteiger partial charge in [-0.15, -0.1) is 0 Å². The average Bonchev–Trinajstić information content (AvgIpc) is 4.42. The zero-order valence-corrected chi connectivity index (χ0v) is 56.9. The van der Waals surface area contributed by atoms with Crippen molar-refractivity contribution >= 4 is 76.7 Å². The average molecular weight is 1170 g/mol. The van der Waals surface area contributed by atoms with Gasteiger partial charge in [-0.05, 0) is 0 Å². The van der Waals surface area contributed by atoms with Gasteiger partial charge in [0.1, 0.15) is 0 Å². The van der Waals surface area contributed by atoms with Crippen molar-refractivity contribution in [3.8, 4) is 0 Å². The molecule has 0 radical (unpaired) electrons. The minimum absolute atomic E-state index is 0. The Kier molecular flexibility index (Phi) is 18.8. The van der Waals surface area contributed by atoms with Crippen LogP contribution in [0, 0.1) is 0 Å². The zero-order valence-electron chi connectivity index (χ0n) is 50.7. The van der Waals surface area contributed by atoms with Gasteiger partial charge in [0.05, 0.1) is 0 Å². The van der Waals surface area contributed by atoms with Crippen LogP contribution in [-0.2, 0) is 124 Å². The Morgan fingerprint density at radius 1 is 0.198 bits per heavy atom. The molecule has 16 rings (SSSR count). The third-order valence-electron chi connectivity index (χ3n) is 21.9. The van der Waals surface area contributed by atoms with E-state index < -0.39 is 35.2 Å². The molecule has 8 aromatic rings. The van der Waals surface area contributed by atoms with Crippen LogP contribution < -0.4 is 41.5 Å². The predicted molar refractivity (Wildman–Crippen MR) is 359 cm³/mol. The van der Waals surface area contributed by atoms with Crippen molar-refractivity contribution < 1.29 is 21.7 Å². The van der Waals surface area contributed by atoms with Crippen molar-refractivity contribution in [2.45, 2.75) is 232 Å². The summed E-state index contributed by atoms with van der Waals surface area (Å²) in [6.07, 6.45) is 43.6. The van der Waals surface area contributed by atoms with E-state index in [1.54, 1.807) is 131 Å². The van der Waals surface area contributed by atoms with Gasteiger partial charge in [-0.3, -0.25) is 0 Å². The van der Waals surface area contributed by atoms with Gasteiger partial charge in [0, 0.05) is 56.9 Å². The van der Waals surface area contributed by atoms with E-state index in [1.807, 2.05) is 0 Å². The molecule has 0 fully saturated rings. The molecule has 0 bridgehead atoms. The van der Waals surface area contributed by atoms with Crippen molar-refractivity contribution in [1.29, 1.82) is 0 Å². The van der Waals surface area contributed by atoms with Crippen LogP contribution >= 0.6 is 0 Å². The smallest absolute Gasteiger partial charge is 0.0462 e. The summed E-state index contributed by atoms with van der Waals surface area (Å²) in [6, 6.07) is 40.8. The topological polar surface area (TPSA) is 0 Å². The molecular weight excluding hydrogens is 1070 g/mol. The first-order chi connectivity index (χ1) is 39.2. The summed E-state index contributed by atoms with van der Waals surface area (Å²) in [6.45, 7) is 10.1. The molecule has 0 heterocycles. The molecule has 0 nitrogen and oxygen atoms in total. The Morgan fingerprint density at radius 2 is 0.309 bits per heavy atom. The SMILES string of the molecule is C[SiH](c1cc2c([cH-]1)CCCC2)c1cc2c([cH-]1)CCCC2.C[SiH](c1cc2c([cH-]1)CCCC2)c1cc2c([cH-]1)CCCC2.C[SiH](c1cc2c([cH-]1)CCCC2)c1cc2c([cH-]1)CCCC2.C[SiH](c1cc2c([cH-]1)CCCC2)c1cc2c([cH-]1)CCCC2.[Ti]. The van der Waals surface area contributed by atoms with Crippen LogP contribution in [0.1, 0.15) is 192 Å². The van der Waals surface area contributed by atoms with E-state index in [2.05, 4.69) is 123 Å². The second-order valence-corrected chi connectivity index (χ2v) is 38.4. The fourth-order valence-electron chi connectivity index (χ4n) is 16.6. The predicted octanol–water partition coefficient (Wildman–Crippen LogP) is 11.4. The van der Waals surface area contributed by atoms with Crippen LogP contribution in [0.3, 0.4) is 0 Å². The number of hydrogen-bond acceptors (Lipinski definition) is 0. The van der Waals surface area contributed by atoms with E-state index in [4.69, 9.17) is 0 Å². The van der Waals surface area contributed by atoms with Crippen LogP contribution in [0.5, 0.6) is 0 Å². The fraction of sp³-hybridized carbons (Fsp3) is 0.474. The Bertz CT molecular complexity index is 2500. The molecule has 0 saturated heterocycles. The number of rotatable bonds is 8. The second-order valence-electron chi connectivity index (χ2n) is 27.3. The minimum atomic E-state index is -0.933. The Balaban J connectivity index is 0.000000107. The van der Waals surface area contributed by atoms with Crippen LogP contribution in [-0.4, -0.2) is 35.2 Å². The van der Waals surface area contributed by atoms with Crippen LogP contribution in [0.15, 0.2) is 97.1 Å². The number of hydrogen-bond donors (Lipinski definition) is 0. The first-order valence-electron chi connectivity index (χ1n) is 33.5. The first kappa shape index (κ1) is 57.8. The standard InChI is InChI=1S/4C19H24Si.Ti/c4*1-20(18-10-14-6-2-3-7-15(14)11-18)19-12-16-8-4-5-9-17(16)13-19;/h4*10-13,20H,2-9H2,1H3;/q4*-2;. The summed E-state index contributed by atoms with van der Waals surface area (Å²) >= 11 is 0. The van der Waals surface area contributed by atoms with E-state index >= 15 is 0 Å². The third kappa shape index (κ3) is 13.0. The fourth-order valence-corrected chi connectivity index (χ4v) is 25.3. The molecule has 0 saturated carbocycles. The molecule has 0 atom stereocenters. The quantitative estimate of drug-likeness (QED) is 0.105. The summed E-state index contributed by atoms with van der Waals surface area (Å²) in [5.74, 6) is 0. The van der Waals surface area contributed by atoms with Crippen molar-refractivity contribution in [3.63, 3.8) is 0 Å². The number of aryl methyl sites for hydroxylation is 16. The molecule has 0 aromatic heterocycles. The monoisotopic (exact) mass is 1170 g/mol. The van der Waals surface area contributed by atoms with E-state index in [9.17, 15) is 0 Å². The van der Waals surface area contributed by atoms with Gasteiger partial charge in [-0.2, -0.15) is 179 Å². The molecule has 8 aliphatic carbocycles. The van der Waals surface area contributed by atoms with Gasteiger partial charge in [0.25, 0.3) is 0 Å². The maximum atomic E-state index is 2.55. The van der Waals surface area contributed by atoms with Crippen molar-refractivity contribution in [2.75, 3.05) is 0 Å². The normalized spacial score (nSPS) is 17.9. The maximum Gasteiger partial charge on any atom is 0.0462 e. The van der Waals surface area contributed by atoms with Gasteiger partial charge in [0.2, 0.25) is 0 Å². The van der Waals surface area contributed by atoms with E-state index in [1.165, 1.54) is 205 Å². The third-order valence-corrected chi connectivity index (χ3v) is 32.6. The molecule has 5 heteroatoms. The summed E-state index contributed by atoms with van der Waals surface area (Å²) in [5, 5.41) is 13.5. The summed E-state index contributed by atoms with van der Waals surface area (Å²) in [5.41, 5.74) is 26.7. The maximum absolute atomic E-state index is 2.55. The summed E-state index contributed by atoms with van der Waals surface area (Å²) in [7, 11) is -3.73. The zero-order chi connectivity index (χ0) is 54.1. The van der Waals surface area contributed by atoms with Crippen LogP contribution in [0.25, 0.3) is 0 Å². The van der Waals surface area contributed by atoms with E-state index in [0.29, 0.717) is 0 Å². The van der Waals surface area contributed by atoms with Gasteiger partial charge >= 0.3 is 0 Å². The van der Waals surface area contributed by atoms with E-state index in [-0.39, 0.29) is 21.7 Å². The van der Waals surface area contributed by atoms with Crippen molar-refractivity contribution in [2.24, 2.45) is 0 Å². The summed E-state index contributed by atoms with van der Waals surface area (Å²) in [4.78, 5) is 0. The van der Waals surface area contributed by atoms with Crippen LogP contribution in [0.2, 0.25) is 26.2 Å². The Morgan fingerprint density at radius 3 is 0.420 bits per heavy atom. The molecule has 0 aliphatic heterocycles. The van der Waals surface area contributed by atoms with E-state index in [0.717, 1.165) is 0 Å². The van der Waals surface area contributed by atoms with Crippen molar-refractivity contribution in [3.05, 3.63) is 186 Å². The molecule has 0 spiro atoms. The molecule has 8 aliphatic rings. The number of fused-ring (bicyclic) bond motifs is 8. The molecule has 81 heavy (non-hydrogen) atoms. The molecule has 0 amide bonds. The van der Waals surface area contributed by atoms with Crippen molar-refractivity contribution in [1.82, 2.24) is 0 Å². The largest absolute Gasteiger partial charge is 0.211 e. The molecule has 0 unspecified atom stereocenters. The molecule has 0 N–H and O–H groups in total. The molecule has 428 valence electrons. The minimum Gasteiger partial charge on any atom is -0.211 e. The van der Waals surface area contributed by atoms with Crippen LogP contribution in [0.4, 0.5) is 0 Å². The summed E-state index contributed by atoms with van der Waals surface area (Å²) < 4.78 is 0. The van der Waals surface area contributed by atoms with Gasteiger partial charge in [-0.25, -0.2) is 48.5 Å². The van der Waals surface area contributed by atoms with Gasteiger partial charge < -0.3 is 0 Å². The molecular formula is C76H96Si4Ti-8. The second kappa shape index (κ2) is 26.3. The first-order valence-corrected chi connectivity index (χ1v) is 42.8. The Hall–Kier alpha value is -3.62. The molecule has 8 aromatic carbocycles. The van der Waals surface area contributed by atoms with Gasteiger partial charge in [-0.1, -0.05) is 232 Å². The van der Waals surface area contributed by atoms with Gasteiger partial charge in [0.15, 0.2) is 0 Å².